The maximum Gasteiger partial charge on any atom is 0.170 e. The van der Waals surface area contributed by atoms with Gasteiger partial charge in [0.15, 0.2) is 5.84 Å². The minimum atomic E-state index is -2.94. The number of nitrogens with zero attached hydrogens (tertiary/aromatic N) is 2. The van der Waals surface area contributed by atoms with Crippen LogP contribution in [0.2, 0.25) is 0 Å². The summed E-state index contributed by atoms with van der Waals surface area (Å²) in [7, 11) is -1.09. The molecule has 0 bridgehead atoms. The molecule has 118 valence electrons. The van der Waals surface area contributed by atoms with Crippen molar-refractivity contribution in [3.8, 4) is 5.75 Å². The molecule has 0 heterocycles. The van der Waals surface area contributed by atoms with Gasteiger partial charge in [0.25, 0.3) is 0 Å². The number of hydrogen-bond acceptors (Lipinski definition) is 6. The van der Waals surface area contributed by atoms with Gasteiger partial charge >= 0.3 is 0 Å². The van der Waals surface area contributed by atoms with E-state index < -0.39 is 9.84 Å². The standard InChI is InChI=1S/C13H21N3O4S/c1-16(8-10-21(2,18)19)7-9-20-12-5-3-11(4-6-12)13(14)15-17/h3-6,17H,7-10H2,1-2H3,(H2,14,15). The molecule has 21 heavy (non-hydrogen) atoms. The number of likely N-dealkylation sites (N-methyl/N-ethyl adjacent to an activating group) is 1. The van der Waals surface area contributed by atoms with Crippen molar-refractivity contribution in [2.24, 2.45) is 10.9 Å². The van der Waals surface area contributed by atoms with Gasteiger partial charge in [-0.1, -0.05) is 5.16 Å². The lowest BCUT2D eigenvalue weighted by Crippen LogP contribution is -2.29. The number of sulfone groups is 1. The van der Waals surface area contributed by atoms with Crippen LogP contribution < -0.4 is 10.5 Å². The van der Waals surface area contributed by atoms with Crippen LogP contribution in [0.1, 0.15) is 5.56 Å². The quantitative estimate of drug-likeness (QED) is 0.306. The molecule has 0 saturated carbocycles. The zero-order chi connectivity index (χ0) is 15.9. The van der Waals surface area contributed by atoms with Crippen LogP contribution in [0, 0.1) is 0 Å². The fourth-order valence-electron chi connectivity index (χ4n) is 1.53. The van der Waals surface area contributed by atoms with E-state index in [0.29, 0.717) is 31.0 Å². The largest absolute Gasteiger partial charge is 0.492 e. The molecule has 0 aromatic heterocycles. The Morgan fingerprint density at radius 3 is 2.48 bits per heavy atom. The van der Waals surface area contributed by atoms with E-state index in [2.05, 4.69) is 5.16 Å². The van der Waals surface area contributed by atoms with Crippen LogP contribution in [0.15, 0.2) is 29.4 Å². The Morgan fingerprint density at radius 2 is 1.95 bits per heavy atom. The number of ether oxygens (including phenoxy) is 1. The van der Waals surface area contributed by atoms with Crippen molar-refractivity contribution < 1.29 is 18.4 Å². The monoisotopic (exact) mass is 315 g/mol. The molecule has 0 amide bonds. The fraction of sp³-hybridized carbons (Fsp3) is 0.462. The maximum absolute atomic E-state index is 11.0. The predicted octanol–water partition coefficient (Wildman–Crippen LogP) is 0.136. The lowest BCUT2D eigenvalue weighted by molar-refractivity contribution is 0.244. The molecule has 0 radical (unpaired) electrons. The normalized spacial score (nSPS) is 12.6. The van der Waals surface area contributed by atoms with Crippen molar-refractivity contribution >= 4 is 15.7 Å². The third-order valence-electron chi connectivity index (χ3n) is 2.84. The fourth-order valence-corrected chi connectivity index (χ4v) is 2.18. The Labute approximate surface area is 124 Å². The van der Waals surface area contributed by atoms with E-state index >= 15 is 0 Å². The summed E-state index contributed by atoms with van der Waals surface area (Å²) in [6.45, 7) is 1.55. The predicted molar refractivity (Wildman–Crippen MR) is 81.7 cm³/mol. The zero-order valence-electron chi connectivity index (χ0n) is 12.2. The topological polar surface area (TPSA) is 105 Å². The summed E-state index contributed by atoms with van der Waals surface area (Å²) in [5.74, 6) is 0.848. The summed E-state index contributed by atoms with van der Waals surface area (Å²) in [6.07, 6.45) is 1.22. The summed E-state index contributed by atoms with van der Waals surface area (Å²) in [5.41, 5.74) is 6.06. The Kier molecular flexibility index (Phi) is 6.44. The van der Waals surface area contributed by atoms with Crippen LogP contribution in [0.4, 0.5) is 0 Å². The van der Waals surface area contributed by atoms with Crippen LogP contribution in [0.5, 0.6) is 5.75 Å². The SMILES string of the molecule is CN(CCOc1ccc(C(N)=NO)cc1)CCS(C)(=O)=O. The summed E-state index contributed by atoms with van der Waals surface area (Å²) >= 11 is 0. The van der Waals surface area contributed by atoms with Gasteiger partial charge in [0.2, 0.25) is 0 Å². The first-order chi connectivity index (χ1) is 9.81. The highest BCUT2D eigenvalue weighted by atomic mass is 32.2. The van der Waals surface area contributed by atoms with E-state index in [1.165, 1.54) is 6.26 Å². The highest BCUT2D eigenvalue weighted by Crippen LogP contribution is 2.11. The van der Waals surface area contributed by atoms with Gasteiger partial charge in [0.1, 0.15) is 22.2 Å². The Bertz CT molecular complexity index is 570. The Hall–Kier alpha value is -1.80. The van der Waals surface area contributed by atoms with Crippen molar-refractivity contribution in [2.45, 2.75) is 0 Å². The first-order valence-electron chi connectivity index (χ1n) is 6.39. The smallest absolute Gasteiger partial charge is 0.170 e. The van der Waals surface area contributed by atoms with E-state index in [4.69, 9.17) is 15.7 Å². The molecule has 1 rings (SSSR count). The number of hydrogen-bond donors (Lipinski definition) is 2. The molecule has 0 fully saturated rings. The van der Waals surface area contributed by atoms with Crippen molar-refractivity contribution in [3.63, 3.8) is 0 Å². The van der Waals surface area contributed by atoms with Crippen molar-refractivity contribution in [2.75, 3.05) is 38.8 Å². The van der Waals surface area contributed by atoms with Gasteiger partial charge in [-0.3, -0.25) is 0 Å². The van der Waals surface area contributed by atoms with Crippen LogP contribution in [0.3, 0.4) is 0 Å². The number of amidine groups is 1. The maximum atomic E-state index is 11.0. The van der Waals surface area contributed by atoms with Crippen molar-refractivity contribution in [3.05, 3.63) is 29.8 Å². The second kappa shape index (κ2) is 7.84. The second-order valence-electron chi connectivity index (χ2n) is 4.79. The van der Waals surface area contributed by atoms with E-state index in [1.54, 1.807) is 24.3 Å². The highest BCUT2D eigenvalue weighted by molar-refractivity contribution is 7.90. The lowest BCUT2D eigenvalue weighted by atomic mass is 10.2. The molecule has 0 aliphatic heterocycles. The van der Waals surface area contributed by atoms with Gasteiger partial charge in [0, 0.05) is 24.9 Å². The van der Waals surface area contributed by atoms with Crippen molar-refractivity contribution in [1.82, 2.24) is 4.90 Å². The number of rotatable bonds is 8. The van der Waals surface area contributed by atoms with Crippen LogP contribution >= 0.6 is 0 Å². The average molecular weight is 315 g/mol. The highest BCUT2D eigenvalue weighted by Gasteiger charge is 2.06. The summed E-state index contributed by atoms with van der Waals surface area (Å²) in [4.78, 5) is 1.89. The Morgan fingerprint density at radius 1 is 1.33 bits per heavy atom. The summed E-state index contributed by atoms with van der Waals surface area (Å²) in [5, 5.41) is 11.5. The molecular formula is C13H21N3O4S. The van der Waals surface area contributed by atoms with Crippen LogP contribution in [0.25, 0.3) is 0 Å². The molecular weight excluding hydrogens is 294 g/mol. The second-order valence-corrected chi connectivity index (χ2v) is 7.05. The minimum Gasteiger partial charge on any atom is -0.492 e. The summed E-state index contributed by atoms with van der Waals surface area (Å²) in [6, 6.07) is 6.84. The third kappa shape index (κ3) is 6.96. The zero-order valence-corrected chi connectivity index (χ0v) is 13.0. The molecule has 1 aromatic carbocycles. The van der Waals surface area contributed by atoms with Crippen molar-refractivity contribution in [1.29, 1.82) is 0 Å². The van der Waals surface area contributed by atoms with Crippen LogP contribution in [-0.2, 0) is 9.84 Å². The average Bonchev–Trinajstić information content (AvgIpc) is 2.44. The van der Waals surface area contributed by atoms with Gasteiger partial charge in [-0.15, -0.1) is 0 Å². The summed E-state index contributed by atoms with van der Waals surface area (Å²) < 4.78 is 27.6. The van der Waals surface area contributed by atoms with E-state index in [0.717, 1.165) is 0 Å². The number of oxime groups is 1. The Balaban J connectivity index is 2.35. The third-order valence-corrected chi connectivity index (χ3v) is 3.77. The molecule has 0 saturated heterocycles. The molecule has 0 spiro atoms. The van der Waals surface area contributed by atoms with E-state index in [-0.39, 0.29) is 11.6 Å². The first-order valence-corrected chi connectivity index (χ1v) is 8.45. The van der Waals surface area contributed by atoms with E-state index in [9.17, 15) is 8.42 Å². The molecule has 0 aliphatic rings. The van der Waals surface area contributed by atoms with Gasteiger partial charge in [-0.25, -0.2) is 8.42 Å². The van der Waals surface area contributed by atoms with Gasteiger partial charge in [-0.2, -0.15) is 0 Å². The molecule has 0 unspecified atom stereocenters. The molecule has 1 aromatic rings. The number of nitrogens with two attached hydrogens (primary N) is 1. The van der Waals surface area contributed by atoms with Gasteiger partial charge < -0.3 is 20.6 Å². The molecule has 3 N–H and O–H groups in total. The first kappa shape index (κ1) is 17.3. The van der Waals surface area contributed by atoms with E-state index in [1.807, 2.05) is 11.9 Å². The molecule has 7 nitrogen and oxygen atoms in total. The van der Waals surface area contributed by atoms with Gasteiger partial charge in [0.05, 0.1) is 5.75 Å². The number of benzene rings is 1. The van der Waals surface area contributed by atoms with Crippen LogP contribution in [-0.4, -0.2) is 63.1 Å². The van der Waals surface area contributed by atoms with Gasteiger partial charge in [-0.05, 0) is 31.3 Å². The molecule has 8 heteroatoms. The molecule has 0 aliphatic carbocycles. The lowest BCUT2D eigenvalue weighted by Gasteiger charge is -2.16. The minimum absolute atomic E-state index is 0.0436. The molecule has 0 atom stereocenters.